The first-order chi connectivity index (χ1) is 59.9. The molecule has 15 rings (SSSR count). The van der Waals surface area contributed by atoms with Crippen molar-refractivity contribution in [1.82, 2.24) is 24.9 Å². The molecule has 0 aliphatic carbocycles. The summed E-state index contributed by atoms with van der Waals surface area (Å²) in [6.45, 7) is 3.55. The fourth-order valence-corrected chi connectivity index (χ4v) is 11.0. The van der Waals surface area contributed by atoms with Crippen molar-refractivity contribution in [1.29, 1.82) is 0 Å². The number of hydrogen-bond acceptors (Lipinski definition) is 16. The lowest BCUT2D eigenvalue weighted by Gasteiger charge is -2.10. The minimum atomic E-state index is -4.51. The van der Waals surface area contributed by atoms with Gasteiger partial charge < -0.3 is 55.0 Å². The highest BCUT2D eigenvalue weighted by Gasteiger charge is 2.31. The third kappa shape index (κ3) is 28.2. The van der Waals surface area contributed by atoms with Crippen LogP contribution in [0.1, 0.15) is 81.5 Å². The van der Waals surface area contributed by atoms with Gasteiger partial charge in [0.05, 0.1) is 72.7 Å². The van der Waals surface area contributed by atoms with E-state index in [0.717, 1.165) is 30.1 Å². The third-order valence-electron chi connectivity index (χ3n) is 16.8. The molecule has 10 aromatic carbocycles. The van der Waals surface area contributed by atoms with E-state index in [0.29, 0.717) is 96.9 Å². The second kappa shape index (κ2) is 44.8. The summed E-state index contributed by atoms with van der Waals surface area (Å²) < 4.78 is 126. The SMILES string of the molecule is C.C#Cc1cccc(C(=O)Nc2cccc(Oc3cncc(F)c3)c2)c1F.COc1cccc(C(=O)Nc2cccc(Oc3cccnc3)c2)c1.Cc1cccc(C(=O)Nc2cccc(Oc3cccnc3)c2)c1F.Cc1cccc(C(=O)Nc2cccc(Oc3cncc(F)c3)c2)c1.O=C(Nc1cccc(Oc2cccnc2)c1)c1cccc(C(F)(F)F)c1. The summed E-state index contributed by atoms with van der Waals surface area (Å²) in [5.74, 6) is 3.01. The monoisotopic (exact) mass is 1690 g/mol. The minimum absolute atomic E-state index is 0. The Morgan fingerprint density at radius 3 is 1.03 bits per heavy atom. The first-order valence-electron chi connectivity index (χ1n) is 37.2. The summed E-state index contributed by atoms with van der Waals surface area (Å²) in [7, 11) is 1.57. The average molecular weight is 1690 g/mol. The molecule has 628 valence electrons. The molecule has 28 heteroatoms. The summed E-state index contributed by atoms with van der Waals surface area (Å²) >= 11 is 0. The van der Waals surface area contributed by atoms with E-state index in [-0.39, 0.29) is 53.0 Å². The number of ether oxygens (including phenoxy) is 6. The van der Waals surface area contributed by atoms with Crippen molar-refractivity contribution in [3.63, 3.8) is 0 Å². The number of carbonyl (C=O) groups excluding carboxylic acids is 5. The van der Waals surface area contributed by atoms with Crippen LogP contribution in [0.15, 0.2) is 341 Å². The number of halogens is 7. The smallest absolute Gasteiger partial charge is 0.416 e. The second-order valence-corrected chi connectivity index (χ2v) is 26.1. The molecule has 21 nitrogen and oxygen atoms in total. The minimum Gasteiger partial charge on any atom is -0.497 e. The van der Waals surface area contributed by atoms with Gasteiger partial charge in [0.15, 0.2) is 5.82 Å². The molecule has 15 aromatic rings. The van der Waals surface area contributed by atoms with E-state index >= 15 is 0 Å². The summed E-state index contributed by atoms with van der Waals surface area (Å²) in [4.78, 5) is 80.7. The van der Waals surface area contributed by atoms with Crippen LogP contribution in [0.2, 0.25) is 0 Å². The van der Waals surface area contributed by atoms with Crippen LogP contribution in [0.4, 0.5) is 59.2 Å². The number of rotatable bonds is 21. The van der Waals surface area contributed by atoms with Crippen molar-refractivity contribution >= 4 is 58.0 Å². The van der Waals surface area contributed by atoms with Crippen LogP contribution >= 0.6 is 0 Å². The zero-order valence-corrected chi connectivity index (χ0v) is 65.8. The molecule has 5 amide bonds. The highest BCUT2D eigenvalue weighted by molar-refractivity contribution is 6.07. The van der Waals surface area contributed by atoms with Crippen molar-refractivity contribution < 1.29 is 83.1 Å². The van der Waals surface area contributed by atoms with Crippen LogP contribution in [0.25, 0.3) is 0 Å². The Hall–Kier alpha value is -16.8. The predicted octanol–water partition coefficient (Wildman–Crippen LogP) is 23.4. The Morgan fingerprint density at radius 2 is 0.656 bits per heavy atom. The van der Waals surface area contributed by atoms with Gasteiger partial charge in [-0.25, -0.2) is 17.6 Å². The number of anilines is 5. The number of methoxy groups -OCH3 is 1. The molecule has 125 heavy (non-hydrogen) atoms. The van der Waals surface area contributed by atoms with Gasteiger partial charge >= 0.3 is 6.18 Å². The van der Waals surface area contributed by atoms with Crippen LogP contribution in [0, 0.1) is 49.5 Å². The summed E-state index contributed by atoms with van der Waals surface area (Å²) in [6.07, 6.45) is 15.3. The molecule has 5 heterocycles. The molecule has 0 atom stereocenters. The lowest BCUT2D eigenvalue weighted by molar-refractivity contribution is -0.137. The number of pyridine rings is 5. The number of alkyl halides is 3. The Kier molecular flexibility index (Phi) is 32.4. The maximum absolute atomic E-state index is 14.2. The zero-order chi connectivity index (χ0) is 87.7. The van der Waals surface area contributed by atoms with E-state index in [4.69, 9.17) is 34.8 Å². The number of carbonyl (C=O) groups is 5. The molecule has 0 fully saturated rings. The Bertz CT molecular complexity index is 6260. The molecule has 5 N–H and O–H groups in total. The first-order valence-corrected chi connectivity index (χ1v) is 37.2. The third-order valence-corrected chi connectivity index (χ3v) is 16.8. The van der Waals surface area contributed by atoms with E-state index in [1.54, 1.807) is 221 Å². The van der Waals surface area contributed by atoms with Crippen molar-refractivity contribution in [2.75, 3.05) is 33.7 Å². The molecule has 0 radical (unpaired) electrons. The van der Waals surface area contributed by atoms with Gasteiger partial charge in [-0.15, -0.1) is 6.42 Å². The van der Waals surface area contributed by atoms with Gasteiger partial charge in [0.25, 0.3) is 29.5 Å². The number of terminal acetylenes is 1. The van der Waals surface area contributed by atoms with Crippen molar-refractivity contribution in [2.24, 2.45) is 0 Å². The van der Waals surface area contributed by atoms with Gasteiger partial charge in [-0.1, -0.05) is 91.7 Å². The number of nitrogens with zero attached hydrogens (tertiary/aromatic N) is 5. The molecule has 0 saturated heterocycles. The lowest BCUT2D eigenvalue weighted by atomic mass is 10.1. The van der Waals surface area contributed by atoms with Gasteiger partial charge in [-0.3, -0.25) is 48.9 Å². The van der Waals surface area contributed by atoms with E-state index < -0.39 is 52.7 Å². The number of amides is 5. The zero-order valence-electron chi connectivity index (χ0n) is 65.8. The predicted molar refractivity (Wildman–Crippen MR) is 461 cm³/mol. The quantitative estimate of drug-likeness (QED) is 0.0331. The van der Waals surface area contributed by atoms with E-state index in [1.807, 2.05) is 43.3 Å². The second-order valence-electron chi connectivity index (χ2n) is 26.1. The molecule has 0 unspecified atom stereocenters. The van der Waals surface area contributed by atoms with Gasteiger partial charge in [0.2, 0.25) is 0 Å². The molecule has 0 bridgehead atoms. The standard InChI is InChI=1S/C20H12F2N2O2.C19H13F3N2O2.2C19H15FN2O2.C19H16N2O3.CH4/c1-2-13-5-3-8-18(19(13)22)20(25)24-15-6-4-7-16(10-15)26-17-9-14(21)11-23-12-17;20-19(21,22)14-5-1-4-13(10-14)18(25)24-15-6-2-7-16(11-15)26-17-8-3-9-23-12-17;1-13-5-2-9-17(18(13)20)19(23)22-14-6-3-7-15(11-14)24-16-8-4-10-21-12-16;1-13-4-2-5-14(8-13)19(23)22-16-6-3-7-17(10-16)24-18-9-15(20)11-21-12-18;1-23-16-7-2-5-14(11-16)19(22)21-15-6-3-8-17(12-15)24-18-9-4-10-20-13-18;/h1,3-12H,(H,24,25);1-12H,(H,24,25);2*2-12H,1H3,(H,22,23);2-13H,1H3,(H,21,22);1H4. The Morgan fingerprint density at radius 1 is 0.328 bits per heavy atom. The summed E-state index contributed by atoms with van der Waals surface area (Å²) in [5, 5.41) is 13.5. The van der Waals surface area contributed by atoms with Crippen LogP contribution in [0.3, 0.4) is 0 Å². The molecule has 0 saturated carbocycles. The highest BCUT2D eigenvalue weighted by Crippen LogP contribution is 2.33. The normalized spacial score (nSPS) is 10.2. The average Bonchev–Trinajstić information content (AvgIpc) is 0.831. The van der Waals surface area contributed by atoms with E-state index in [9.17, 15) is 54.7 Å². The van der Waals surface area contributed by atoms with Gasteiger partial charge in [0, 0.05) is 106 Å². The maximum atomic E-state index is 14.2. The molecule has 0 aliphatic heterocycles. The van der Waals surface area contributed by atoms with Gasteiger partial charge in [0.1, 0.15) is 80.7 Å². The topological polar surface area (TPSA) is 265 Å². The lowest BCUT2D eigenvalue weighted by Crippen LogP contribution is -2.14. The molecule has 0 spiro atoms. The van der Waals surface area contributed by atoms with Gasteiger partial charge in [-0.2, -0.15) is 13.2 Å². The summed E-state index contributed by atoms with van der Waals surface area (Å²) in [6, 6.07) is 74.4. The number of nitrogens with one attached hydrogen (secondary N) is 5. The van der Waals surface area contributed by atoms with Crippen LogP contribution in [0.5, 0.6) is 63.2 Å². The number of aromatic nitrogens is 5. The number of hydrogen-bond donors (Lipinski definition) is 5. The first kappa shape index (κ1) is 90.5. The fourth-order valence-electron chi connectivity index (χ4n) is 11.0. The van der Waals surface area contributed by atoms with Crippen molar-refractivity contribution in [2.45, 2.75) is 27.5 Å². The largest absolute Gasteiger partial charge is 0.497 e. The van der Waals surface area contributed by atoms with E-state index in [1.165, 1.54) is 73.2 Å². The van der Waals surface area contributed by atoms with Crippen LogP contribution < -0.4 is 55.0 Å². The molecule has 5 aromatic heterocycles. The number of benzene rings is 10. The van der Waals surface area contributed by atoms with Crippen LogP contribution in [-0.4, -0.2) is 61.6 Å². The Labute approximate surface area is 713 Å². The van der Waals surface area contributed by atoms with Crippen LogP contribution in [-0.2, 0) is 6.18 Å². The molecular formula is C97H75F7N10O11. The number of aryl methyl sites for hydroxylation is 2. The molecular weight excluding hydrogens is 1610 g/mol. The highest BCUT2D eigenvalue weighted by atomic mass is 19.4. The van der Waals surface area contributed by atoms with Gasteiger partial charge in [-0.05, 0) is 183 Å². The fraction of sp³-hybridized carbons (Fsp3) is 0.0515. The van der Waals surface area contributed by atoms with Crippen molar-refractivity contribution in [3.05, 3.63) is 414 Å². The maximum Gasteiger partial charge on any atom is 0.416 e. The molecule has 0 aliphatic rings. The summed E-state index contributed by atoms with van der Waals surface area (Å²) in [5.41, 5.74) is 3.95. The van der Waals surface area contributed by atoms with Crippen molar-refractivity contribution in [3.8, 4) is 75.6 Å². The Balaban J connectivity index is 0.000000163. The van der Waals surface area contributed by atoms with E-state index in [2.05, 4.69) is 57.4 Å².